The van der Waals surface area contributed by atoms with Gasteiger partial charge in [0.15, 0.2) is 0 Å². The van der Waals surface area contributed by atoms with Gasteiger partial charge in [-0.3, -0.25) is 4.79 Å². The Hall–Kier alpha value is -1.55. The van der Waals surface area contributed by atoms with Crippen LogP contribution in [0.2, 0.25) is 0 Å². The number of nitrogens with one attached hydrogen (secondary N) is 1. The monoisotopic (exact) mass is 368 g/mol. The fraction of sp³-hybridized carbons (Fsp3) is 0.696. The first-order valence-electron chi connectivity index (χ1n) is 11.0. The van der Waals surface area contributed by atoms with Crippen LogP contribution in [0.1, 0.15) is 68.9 Å². The van der Waals surface area contributed by atoms with Crippen LogP contribution in [0.15, 0.2) is 18.2 Å². The van der Waals surface area contributed by atoms with Gasteiger partial charge in [0.2, 0.25) is 5.91 Å². The maximum atomic E-state index is 13.4. The Morgan fingerprint density at radius 2 is 1.89 bits per heavy atom. The van der Waals surface area contributed by atoms with Crippen molar-refractivity contribution in [3.05, 3.63) is 29.3 Å². The predicted octanol–water partition coefficient (Wildman–Crippen LogP) is 3.81. The smallest absolute Gasteiger partial charge is 0.223 e. The topological polar surface area (TPSA) is 41.6 Å². The Morgan fingerprint density at radius 3 is 2.67 bits per heavy atom. The molecule has 3 aliphatic heterocycles. The van der Waals surface area contributed by atoms with E-state index >= 15 is 0 Å². The summed E-state index contributed by atoms with van der Waals surface area (Å²) in [5.41, 5.74) is 2.58. The maximum absolute atomic E-state index is 13.4. The molecule has 4 heteroatoms. The fourth-order valence-electron chi connectivity index (χ4n) is 5.88. The Labute approximate surface area is 162 Å². The summed E-state index contributed by atoms with van der Waals surface area (Å²) in [4.78, 5) is 15.6. The third kappa shape index (κ3) is 3.73. The number of fused-ring (bicyclic) bond motifs is 3. The Kier molecular flexibility index (Phi) is 4.85. The van der Waals surface area contributed by atoms with Crippen LogP contribution in [0.25, 0.3) is 0 Å². The van der Waals surface area contributed by atoms with Crippen molar-refractivity contribution in [3.8, 4) is 5.75 Å². The third-order valence-corrected chi connectivity index (χ3v) is 7.23. The van der Waals surface area contributed by atoms with Gasteiger partial charge < -0.3 is 15.0 Å². The van der Waals surface area contributed by atoms with Crippen LogP contribution in [-0.4, -0.2) is 35.5 Å². The quantitative estimate of drug-likeness (QED) is 0.859. The SMILES string of the molecule is O=C(CC1CC2CCC(C1)N2)N(Cc1ccc2c(c1)CCO2)C1CCCC1. The van der Waals surface area contributed by atoms with E-state index in [1.807, 2.05) is 0 Å². The first-order valence-corrected chi connectivity index (χ1v) is 11.0. The van der Waals surface area contributed by atoms with Crippen LogP contribution in [0, 0.1) is 5.92 Å². The molecule has 2 saturated heterocycles. The summed E-state index contributed by atoms with van der Waals surface area (Å²) < 4.78 is 5.65. The highest BCUT2D eigenvalue weighted by Gasteiger charge is 2.36. The number of hydrogen-bond donors (Lipinski definition) is 1. The van der Waals surface area contributed by atoms with Gasteiger partial charge in [0.25, 0.3) is 0 Å². The number of carbonyl (C=O) groups excluding carboxylic acids is 1. The summed E-state index contributed by atoms with van der Waals surface area (Å²) >= 11 is 0. The molecule has 3 heterocycles. The second-order valence-electron chi connectivity index (χ2n) is 9.18. The van der Waals surface area contributed by atoms with Gasteiger partial charge in [-0.15, -0.1) is 0 Å². The lowest BCUT2D eigenvalue weighted by molar-refractivity contribution is -0.135. The van der Waals surface area contributed by atoms with E-state index in [-0.39, 0.29) is 0 Å². The second-order valence-corrected chi connectivity index (χ2v) is 9.18. The zero-order valence-corrected chi connectivity index (χ0v) is 16.3. The molecule has 27 heavy (non-hydrogen) atoms. The summed E-state index contributed by atoms with van der Waals surface area (Å²) in [6, 6.07) is 8.29. The lowest BCUT2D eigenvalue weighted by Crippen LogP contribution is -2.42. The number of benzene rings is 1. The third-order valence-electron chi connectivity index (χ3n) is 7.23. The van der Waals surface area contributed by atoms with E-state index in [2.05, 4.69) is 28.4 Å². The van der Waals surface area contributed by atoms with Crippen molar-refractivity contribution in [2.24, 2.45) is 5.92 Å². The van der Waals surface area contributed by atoms with E-state index in [4.69, 9.17) is 4.74 Å². The Balaban J connectivity index is 1.29. The molecule has 3 fully saturated rings. The number of hydrogen-bond acceptors (Lipinski definition) is 3. The summed E-state index contributed by atoms with van der Waals surface area (Å²) in [7, 11) is 0. The van der Waals surface area contributed by atoms with Gasteiger partial charge in [-0.25, -0.2) is 0 Å². The lowest BCUT2D eigenvalue weighted by atomic mass is 9.89. The minimum Gasteiger partial charge on any atom is -0.493 e. The Morgan fingerprint density at radius 1 is 1.11 bits per heavy atom. The second kappa shape index (κ2) is 7.46. The maximum Gasteiger partial charge on any atom is 0.223 e. The van der Waals surface area contributed by atoms with Crippen molar-refractivity contribution in [3.63, 3.8) is 0 Å². The van der Waals surface area contributed by atoms with Crippen LogP contribution in [0.5, 0.6) is 5.75 Å². The van der Waals surface area contributed by atoms with Crippen molar-refractivity contribution in [1.29, 1.82) is 0 Å². The molecular formula is C23H32N2O2. The molecule has 1 aromatic rings. The van der Waals surface area contributed by atoms with E-state index in [1.165, 1.54) is 62.5 Å². The average Bonchev–Trinajstić information content (AvgIpc) is 3.40. The van der Waals surface area contributed by atoms with Crippen molar-refractivity contribution in [1.82, 2.24) is 10.2 Å². The molecule has 0 radical (unpaired) electrons. The zero-order chi connectivity index (χ0) is 18.2. The standard InChI is InChI=1S/C23H32N2O2/c26-23(14-17-12-19-6-7-20(13-17)24-19)25(21-3-1-2-4-21)15-16-5-8-22-18(11-16)9-10-27-22/h5,8,11,17,19-21,24H,1-4,6-7,9-10,12-15H2. The fourth-order valence-corrected chi connectivity index (χ4v) is 5.88. The highest BCUT2D eigenvalue weighted by Crippen LogP contribution is 2.34. The lowest BCUT2D eigenvalue weighted by Gasteiger charge is -2.33. The van der Waals surface area contributed by atoms with Gasteiger partial charge in [0.1, 0.15) is 5.75 Å². The predicted molar refractivity (Wildman–Crippen MR) is 106 cm³/mol. The molecule has 4 nitrogen and oxygen atoms in total. The molecule has 1 saturated carbocycles. The molecule has 0 spiro atoms. The van der Waals surface area contributed by atoms with Crippen molar-refractivity contribution in [2.45, 2.75) is 88.9 Å². The van der Waals surface area contributed by atoms with E-state index in [1.54, 1.807) is 0 Å². The molecule has 2 bridgehead atoms. The van der Waals surface area contributed by atoms with Crippen molar-refractivity contribution < 1.29 is 9.53 Å². The van der Waals surface area contributed by atoms with Gasteiger partial charge in [-0.1, -0.05) is 25.0 Å². The number of rotatable bonds is 5. The number of piperidine rings is 1. The van der Waals surface area contributed by atoms with Crippen LogP contribution in [0.4, 0.5) is 0 Å². The van der Waals surface area contributed by atoms with Gasteiger partial charge in [0, 0.05) is 37.5 Å². The van der Waals surface area contributed by atoms with Crippen molar-refractivity contribution >= 4 is 5.91 Å². The molecule has 2 unspecified atom stereocenters. The molecule has 2 atom stereocenters. The first kappa shape index (κ1) is 17.5. The molecule has 5 rings (SSSR count). The normalized spacial score (nSPS) is 29.6. The zero-order valence-electron chi connectivity index (χ0n) is 16.3. The molecule has 1 N–H and O–H groups in total. The molecular weight excluding hydrogens is 336 g/mol. The van der Waals surface area contributed by atoms with E-state index < -0.39 is 0 Å². The molecule has 1 amide bonds. The highest BCUT2D eigenvalue weighted by atomic mass is 16.5. The van der Waals surface area contributed by atoms with Gasteiger partial charge in [-0.05, 0) is 61.6 Å². The minimum absolute atomic E-state index is 0.393. The van der Waals surface area contributed by atoms with Gasteiger partial charge >= 0.3 is 0 Å². The first-order chi connectivity index (χ1) is 13.2. The van der Waals surface area contributed by atoms with Gasteiger partial charge in [-0.2, -0.15) is 0 Å². The molecule has 0 aromatic heterocycles. The highest BCUT2D eigenvalue weighted by molar-refractivity contribution is 5.77. The summed E-state index contributed by atoms with van der Waals surface area (Å²) in [6.07, 6.45) is 11.6. The molecule has 1 aromatic carbocycles. The summed E-state index contributed by atoms with van der Waals surface area (Å²) in [6.45, 7) is 1.57. The molecule has 1 aliphatic carbocycles. The molecule has 146 valence electrons. The largest absolute Gasteiger partial charge is 0.493 e. The van der Waals surface area contributed by atoms with Crippen LogP contribution >= 0.6 is 0 Å². The van der Waals surface area contributed by atoms with Crippen LogP contribution in [-0.2, 0) is 17.8 Å². The number of ether oxygens (including phenoxy) is 1. The van der Waals surface area contributed by atoms with E-state index in [0.29, 0.717) is 30.0 Å². The Bertz CT molecular complexity index is 686. The summed E-state index contributed by atoms with van der Waals surface area (Å²) in [5.74, 6) is 2.00. The number of nitrogens with zero attached hydrogens (tertiary/aromatic N) is 1. The van der Waals surface area contributed by atoms with E-state index in [9.17, 15) is 4.79 Å². The van der Waals surface area contributed by atoms with E-state index in [0.717, 1.165) is 31.7 Å². The van der Waals surface area contributed by atoms with Crippen molar-refractivity contribution in [2.75, 3.05) is 6.61 Å². The van der Waals surface area contributed by atoms with Crippen LogP contribution < -0.4 is 10.1 Å². The number of amides is 1. The average molecular weight is 369 g/mol. The molecule has 4 aliphatic rings. The van der Waals surface area contributed by atoms with Gasteiger partial charge in [0.05, 0.1) is 6.61 Å². The summed E-state index contributed by atoms with van der Waals surface area (Å²) in [5, 5.41) is 3.70. The number of carbonyl (C=O) groups is 1. The minimum atomic E-state index is 0.393. The van der Waals surface area contributed by atoms with Crippen LogP contribution in [0.3, 0.4) is 0 Å².